The fourth-order valence-electron chi connectivity index (χ4n) is 2.71. The summed E-state index contributed by atoms with van der Waals surface area (Å²) in [6, 6.07) is 7.72. The van der Waals surface area contributed by atoms with E-state index in [9.17, 15) is 9.59 Å². The number of benzene rings is 1. The van der Waals surface area contributed by atoms with Crippen LogP contribution in [0.4, 0.5) is 0 Å². The topological polar surface area (TPSA) is 58.6 Å². The molecule has 120 valence electrons. The van der Waals surface area contributed by atoms with Gasteiger partial charge in [-0.2, -0.15) is 0 Å². The van der Waals surface area contributed by atoms with Crippen LogP contribution in [0.5, 0.6) is 0 Å². The molecule has 1 saturated heterocycles. The predicted octanol–water partition coefficient (Wildman–Crippen LogP) is 1.75. The van der Waals surface area contributed by atoms with Crippen molar-refractivity contribution in [2.24, 2.45) is 0 Å². The highest BCUT2D eigenvalue weighted by atomic mass is 16.5. The Hall–Kier alpha value is -1.88. The molecule has 5 nitrogen and oxygen atoms in total. The highest BCUT2D eigenvalue weighted by molar-refractivity contribution is 5.95. The van der Waals surface area contributed by atoms with Crippen LogP contribution in [0, 0.1) is 6.92 Å². The molecule has 2 amide bonds. The highest BCUT2D eigenvalue weighted by Crippen LogP contribution is 2.13. The number of hydrogen-bond donors (Lipinski definition) is 1. The Morgan fingerprint density at radius 1 is 1.27 bits per heavy atom. The van der Waals surface area contributed by atoms with Gasteiger partial charge in [0, 0.05) is 31.8 Å². The van der Waals surface area contributed by atoms with E-state index >= 15 is 0 Å². The van der Waals surface area contributed by atoms with Gasteiger partial charge >= 0.3 is 0 Å². The maximum Gasteiger partial charge on any atom is 0.251 e. The molecule has 0 aromatic heterocycles. The number of nitrogens with one attached hydrogen (secondary N) is 1. The summed E-state index contributed by atoms with van der Waals surface area (Å²) in [4.78, 5) is 26.0. The lowest BCUT2D eigenvalue weighted by Gasteiger charge is -2.32. The molecule has 2 rings (SSSR count). The van der Waals surface area contributed by atoms with E-state index in [1.165, 1.54) is 0 Å². The van der Waals surface area contributed by atoms with Gasteiger partial charge in [0.25, 0.3) is 5.91 Å². The largest absolute Gasteiger partial charge is 0.384 e. The van der Waals surface area contributed by atoms with Crippen molar-refractivity contribution in [2.45, 2.75) is 32.2 Å². The third-order valence-electron chi connectivity index (χ3n) is 4.09. The quantitative estimate of drug-likeness (QED) is 0.901. The first-order chi connectivity index (χ1) is 10.6. The Bertz CT molecular complexity index is 522. The second kappa shape index (κ2) is 7.94. The number of carbonyl (C=O) groups excluding carboxylic acids is 2. The molecule has 0 unspecified atom stereocenters. The number of rotatable bonds is 5. The average Bonchev–Trinajstić information content (AvgIpc) is 2.53. The number of amides is 2. The van der Waals surface area contributed by atoms with Crippen LogP contribution in [0.15, 0.2) is 24.3 Å². The zero-order valence-electron chi connectivity index (χ0n) is 13.3. The smallest absolute Gasteiger partial charge is 0.251 e. The van der Waals surface area contributed by atoms with Crippen molar-refractivity contribution in [3.05, 3.63) is 35.4 Å². The molecule has 1 aromatic carbocycles. The molecule has 0 aliphatic carbocycles. The van der Waals surface area contributed by atoms with Gasteiger partial charge in [0.1, 0.15) is 0 Å². The summed E-state index contributed by atoms with van der Waals surface area (Å²) in [5.41, 5.74) is 1.70. The maximum atomic E-state index is 12.3. The van der Waals surface area contributed by atoms with E-state index in [1.54, 1.807) is 7.11 Å². The summed E-state index contributed by atoms with van der Waals surface area (Å²) in [5, 5.41) is 3.08. The molecule has 1 heterocycles. The van der Waals surface area contributed by atoms with Crippen molar-refractivity contribution >= 4 is 11.8 Å². The summed E-state index contributed by atoms with van der Waals surface area (Å²) in [6.45, 7) is 3.79. The van der Waals surface area contributed by atoms with E-state index in [0.717, 1.165) is 24.0 Å². The van der Waals surface area contributed by atoms with Crippen molar-refractivity contribution in [1.82, 2.24) is 10.2 Å². The minimum absolute atomic E-state index is 0.0257. The van der Waals surface area contributed by atoms with Crippen LogP contribution in [-0.4, -0.2) is 49.6 Å². The van der Waals surface area contributed by atoms with Gasteiger partial charge in [-0.15, -0.1) is 0 Å². The lowest BCUT2D eigenvalue weighted by Crippen LogP contribution is -2.46. The number of hydrogen-bond acceptors (Lipinski definition) is 3. The fourth-order valence-corrected chi connectivity index (χ4v) is 2.71. The molecular formula is C17H24N2O3. The molecule has 1 aliphatic rings. The first kappa shape index (κ1) is 16.5. The fraction of sp³-hybridized carbons (Fsp3) is 0.529. The molecule has 1 aliphatic heterocycles. The van der Waals surface area contributed by atoms with Gasteiger partial charge < -0.3 is 15.0 Å². The van der Waals surface area contributed by atoms with Crippen LogP contribution in [-0.2, 0) is 9.53 Å². The van der Waals surface area contributed by atoms with Gasteiger partial charge in [0.2, 0.25) is 5.91 Å². The summed E-state index contributed by atoms with van der Waals surface area (Å²) in [7, 11) is 1.60. The molecule has 0 saturated carbocycles. The molecule has 0 atom stereocenters. The third kappa shape index (κ3) is 4.31. The summed E-state index contributed by atoms with van der Waals surface area (Å²) < 4.78 is 4.93. The van der Waals surface area contributed by atoms with E-state index in [2.05, 4.69) is 5.32 Å². The Labute approximate surface area is 131 Å². The van der Waals surface area contributed by atoms with Crippen molar-refractivity contribution < 1.29 is 14.3 Å². The monoisotopic (exact) mass is 304 g/mol. The SMILES string of the molecule is COCCC(=O)N1CCC(NC(=O)c2ccccc2C)CC1. The number of carbonyl (C=O) groups is 2. The second-order valence-electron chi connectivity index (χ2n) is 5.69. The Balaban J connectivity index is 1.81. The molecule has 0 bridgehead atoms. The zero-order chi connectivity index (χ0) is 15.9. The van der Waals surface area contributed by atoms with Crippen LogP contribution in [0.25, 0.3) is 0 Å². The van der Waals surface area contributed by atoms with Gasteiger partial charge in [-0.3, -0.25) is 9.59 Å². The van der Waals surface area contributed by atoms with Gasteiger partial charge in [-0.05, 0) is 31.4 Å². The van der Waals surface area contributed by atoms with Crippen LogP contribution in [0.3, 0.4) is 0 Å². The molecule has 22 heavy (non-hydrogen) atoms. The standard InChI is InChI=1S/C17H24N2O3/c1-13-5-3-4-6-15(13)17(21)18-14-7-10-19(11-8-14)16(20)9-12-22-2/h3-6,14H,7-12H2,1-2H3,(H,18,21). The molecule has 0 radical (unpaired) electrons. The minimum Gasteiger partial charge on any atom is -0.384 e. The normalized spacial score (nSPS) is 15.6. The summed E-state index contributed by atoms with van der Waals surface area (Å²) >= 11 is 0. The van der Waals surface area contributed by atoms with Crippen LogP contribution < -0.4 is 5.32 Å². The number of piperidine rings is 1. The molecular weight excluding hydrogens is 280 g/mol. The van der Waals surface area contributed by atoms with E-state index in [4.69, 9.17) is 4.74 Å². The van der Waals surface area contributed by atoms with Crippen molar-refractivity contribution in [3.63, 3.8) is 0 Å². The van der Waals surface area contributed by atoms with E-state index in [-0.39, 0.29) is 17.9 Å². The molecule has 1 N–H and O–H groups in total. The van der Waals surface area contributed by atoms with Crippen LogP contribution in [0.2, 0.25) is 0 Å². The van der Waals surface area contributed by atoms with E-state index < -0.39 is 0 Å². The average molecular weight is 304 g/mol. The number of nitrogens with zero attached hydrogens (tertiary/aromatic N) is 1. The van der Waals surface area contributed by atoms with Crippen molar-refractivity contribution in [2.75, 3.05) is 26.8 Å². The van der Waals surface area contributed by atoms with E-state index in [1.807, 2.05) is 36.1 Å². The maximum absolute atomic E-state index is 12.3. The molecule has 5 heteroatoms. The number of aryl methyl sites for hydroxylation is 1. The highest BCUT2D eigenvalue weighted by Gasteiger charge is 2.24. The lowest BCUT2D eigenvalue weighted by molar-refractivity contribution is -0.133. The lowest BCUT2D eigenvalue weighted by atomic mass is 10.0. The Morgan fingerprint density at radius 3 is 2.59 bits per heavy atom. The summed E-state index contributed by atoms with van der Waals surface area (Å²) in [5.74, 6) is 0.104. The van der Waals surface area contributed by atoms with Gasteiger partial charge in [0.05, 0.1) is 13.0 Å². The molecule has 0 spiro atoms. The van der Waals surface area contributed by atoms with Gasteiger partial charge in [-0.1, -0.05) is 18.2 Å². The Morgan fingerprint density at radius 2 is 1.95 bits per heavy atom. The minimum atomic E-state index is -0.0257. The predicted molar refractivity (Wildman–Crippen MR) is 84.7 cm³/mol. The van der Waals surface area contributed by atoms with Crippen molar-refractivity contribution in [3.8, 4) is 0 Å². The van der Waals surface area contributed by atoms with E-state index in [0.29, 0.717) is 26.1 Å². The van der Waals surface area contributed by atoms with Gasteiger partial charge in [-0.25, -0.2) is 0 Å². The number of likely N-dealkylation sites (tertiary alicyclic amines) is 1. The number of ether oxygens (including phenoxy) is 1. The zero-order valence-corrected chi connectivity index (χ0v) is 13.3. The van der Waals surface area contributed by atoms with Crippen molar-refractivity contribution in [1.29, 1.82) is 0 Å². The van der Waals surface area contributed by atoms with Crippen LogP contribution >= 0.6 is 0 Å². The second-order valence-corrected chi connectivity index (χ2v) is 5.69. The summed E-state index contributed by atoms with van der Waals surface area (Å²) in [6.07, 6.45) is 2.03. The molecule has 1 aromatic rings. The number of methoxy groups -OCH3 is 1. The third-order valence-corrected chi connectivity index (χ3v) is 4.09. The first-order valence-electron chi connectivity index (χ1n) is 7.75. The Kier molecular flexibility index (Phi) is 5.95. The van der Waals surface area contributed by atoms with Gasteiger partial charge in [0.15, 0.2) is 0 Å². The first-order valence-corrected chi connectivity index (χ1v) is 7.75. The molecule has 1 fully saturated rings. The van der Waals surface area contributed by atoms with Crippen LogP contribution in [0.1, 0.15) is 35.2 Å².